The van der Waals surface area contributed by atoms with Gasteiger partial charge >= 0.3 is 11.9 Å². The number of ether oxygens (including phenoxy) is 3. The molecule has 7 heteroatoms. The van der Waals surface area contributed by atoms with E-state index in [2.05, 4.69) is 0 Å². The van der Waals surface area contributed by atoms with Gasteiger partial charge in [-0.3, -0.25) is 14.4 Å². The lowest BCUT2D eigenvalue weighted by Crippen LogP contribution is -2.34. The number of Topliss-reactive ketones (excluding diaryl/α,β-unsaturated/α-hetero) is 1. The SMILES string of the molecule is CC(C)(C)OC(=O)C(Cc1ccc2c(c1)OC(C)(C)O2)C(=O)CCC(=O)O. The van der Waals surface area contributed by atoms with Gasteiger partial charge in [-0.15, -0.1) is 0 Å². The van der Waals surface area contributed by atoms with Crippen molar-refractivity contribution in [3.05, 3.63) is 23.8 Å². The third kappa shape index (κ3) is 5.98. The molecule has 1 N–H and O–H groups in total. The zero-order chi connectivity index (χ0) is 20.4. The average Bonchev–Trinajstić information content (AvgIpc) is 2.81. The molecule has 1 unspecified atom stereocenters. The lowest BCUT2D eigenvalue weighted by Gasteiger charge is -2.23. The molecule has 1 atom stereocenters. The summed E-state index contributed by atoms with van der Waals surface area (Å²) in [7, 11) is 0. The molecule has 0 radical (unpaired) electrons. The van der Waals surface area contributed by atoms with Crippen molar-refractivity contribution >= 4 is 17.7 Å². The Balaban J connectivity index is 2.20. The van der Waals surface area contributed by atoms with Crippen molar-refractivity contribution in [3.63, 3.8) is 0 Å². The summed E-state index contributed by atoms with van der Waals surface area (Å²) in [6, 6.07) is 5.21. The Labute approximate surface area is 158 Å². The van der Waals surface area contributed by atoms with Crippen LogP contribution >= 0.6 is 0 Å². The van der Waals surface area contributed by atoms with Crippen molar-refractivity contribution in [1.82, 2.24) is 0 Å². The van der Waals surface area contributed by atoms with Gasteiger partial charge in [-0.2, -0.15) is 0 Å². The van der Waals surface area contributed by atoms with E-state index < -0.39 is 35.0 Å². The van der Waals surface area contributed by atoms with Crippen molar-refractivity contribution in [2.75, 3.05) is 0 Å². The molecule has 1 aromatic rings. The van der Waals surface area contributed by atoms with Gasteiger partial charge in [0.15, 0.2) is 11.5 Å². The Morgan fingerprint density at radius 2 is 1.74 bits per heavy atom. The molecule has 148 valence electrons. The zero-order valence-corrected chi connectivity index (χ0v) is 16.3. The molecule has 1 heterocycles. The van der Waals surface area contributed by atoms with Crippen LogP contribution in [-0.2, 0) is 25.5 Å². The van der Waals surface area contributed by atoms with Crippen LogP contribution in [0.3, 0.4) is 0 Å². The quantitative estimate of drug-likeness (QED) is 0.575. The minimum Gasteiger partial charge on any atom is -0.481 e. The molecule has 7 nitrogen and oxygen atoms in total. The number of hydrogen-bond donors (Lipinski definition) is 1. The van der Waals surface area contributed by atoms with Crippen molar-refractivity contribution in [3.8, 4) is 11.5 Å². The van der Waals surface area contributed by atoms with Gasteiger partial charge in [0.2, 0.25) is 5.79 Å². The molecular formula is C20H26O7. The summed E-state index contributed by atoms with van der Waals surface area (Å²) < 4.78 is 16.7. The number of fused-ring (bicyclic) bond motifs is 1. The Morgan fingerprint density at radius 3 is 2.33 bits per heavy atom. The highest BCUT2D eigenvalue weighted by Gasteiger charge is 2.34. The third-order valence-corrected chi connectivity index (χ3v) is 3.82. The summed E-state index contributed by atoms with van der Waals surface area (Å²) >= 11 is 0. The molecule has 1 aliphatic heterocycles. The predicted octanol–water partition coefficient (Wildman–Crippen LogP) is 3.13. The number of carbonyl (C=O) groups excluding carboxylic acids is 2. The topological polar surface area (TPSA) is 99.1 Å². The van der Waals surface area contributed by atoms with Gasteiger partial charge < -0.3 is 19.3 Å². The normalized spacial score (nSPS) is 15.9. The number of carboxylic acid groups (broad SMARTS) is 1. The fourth-order valence-corrected chi connectivity index (χ4v) is 2.74. The van der Waals surface area contributed by atoms with Gasteiger partial charge in [0.25, 0.3) is 0 Å². The van der Waals surface area contributed by atoms with E-state index in [1.54, 1.807) is 52.8 Å². The van der Waals surface area contributed by atoms with Crippen molar-refractivity contribution < 1.29 is 33.7 Å². The second-order valence-electron chi connectivity index (χ2n) is 8.04. The van der Waals surface area contributed by atoms with Crippen LogP contribution in [0.25, 0.3) is 0 Å². The van der Waals surface area contributed by atoms with Gasteiger partial charge in [0.1, 0.15) is 17.3 Å². The highest BCUT2D eigenvalue weighted by Crippen LogP contribution is 2.40. The maximum atomic E-state index is 12.5. The van der Waals surface area contributed by atoms with Crippen LogP contribution in [0.5, 0.6) is 11.5 Å². The predicted molar refractivity (Wildman–Crippen MR) is 96.7 cm³/mol. The molecule has 0 saturated carbocycles. The van der Waals surface area contributed by atoms with E-state index in [4.69, 9.17) is 19.3 Å². The van der Waals surface area contributed by atoms with E-state index >= 15 is 0 Å². The van der Waals surface area contributed by atoms with Gasteiger partial charge in [-0.1, -0.05) is 6.07 Å². The largest absolute Gasteiger partial charge is 0.481 e. The van der Waals surface area contributed by atoms with Crippen LogP contribution in [0, 0.1) is 5.92 Å². The number of rotatable bonds is 7. The average molecular weight is 378 g/mol. The van der Waals surface area contributed by atoms with Crippen LogP contribution < -0.4 is 9.47 Å². The first-order valence-corrected chi connectivity index (χ1v) is 8.85. The number of hydrogen-bond acceptors (Lipinski definition) is 6. The monoisotopic (exact) mass is 378 g/mol. The maximum Gasteiger partial charge on any atom is 0.317 e. The van der Waals surface area contributed by atoms with Crippen LogP contribution in [0.15, 0.2) is 18.2 Å². The van der Waals surface area contributed by atoms with Crippen molar-refractivity contribution in [2.45, 2.75) is 65.3 Å². The Kier molecular flexibility index (Phi) is 5.82. The minimum absolute atomic E-state index is 0.102. The zero-order valence-electron chi connectivity index (χ0n) is 16.3. The summed E-state index contributed by atoms with van der Waals surface area (Å²) in [5, 5.41) is 8.81. The van der Waals surface area contributed by atoms with E-state index in [0.29, 0.717) is 17.1 Å². The van der Waals surface area contributed by atoms with Crippen LogP contribution in [0.2, 0.25) is 0 Å². The van der Waals surface area contributed by atoms with E-state index in [9.17, 15) is 14.4 Å². The summed E-state index contributed by atoms with van der Waals surface area (Å²) in [4.78, 5) is 35.8. The highest BCUT2D eigenvalue weighted by atomic mass is 16.7. The smallest absolute Gasteiger partial charge is 0.317 e. The van der Waals surface area contributed by atoms with Crippen molar-refractivity contribution in [2.24, 2.45) is 5.92 Å². The molecule has 0 saturated heterocycles. The summed E-state index contributed by atoms with van der Waals surface area (Å²) in [5.74, 6) is -2.91. The van der Waals surface area contributed by atoms with E-state index in [0.717, 1.165) is 0 Å². The second-order valence-corrected chi connectivity index (χ2v) is 8.04. The van der Waals surface area contributed by atoms with Crippen LogP contribution in [-0.4, -0.2) is 34.2 Å². The Bertz CT molecular complexity index is 743. The number of carbonyl (C=O) groups is 3. The lowest BCUT2D eigenvalue weighted by molar-refractivity contribution is -0.162. The molecule has 1 aliphatic rings. The lowest BCUT2D eigenvalue weighted by atomic mass is 9.92. The van der Waals surface area contributed by atoms with Crippen LogP contribution in [0.1, 0.15) is 53.0 Å². The van der Waals surface area contributed by atoms with E-state index in [1.165, 1.54) is 0 Å². The minimum atomic E-state index is -1.09. The van der Waals surface area contributed by atoms with Crippen molar-refractivity contribution in [1.29, 1.82) is 0 Å². The van der Waals surface area contributed by atoms with E-state index in [-0.39, 0.29) is 19.3 Å². The molecule has 0 aliphatic carbocycles. The van der Waals surface area contributed by atoms with Gasteiger partial charge in [0, 0.05) is 20.3 Å². The first kappa shape index (κ1) is 20.7. The fourth-order valence-electron chi connectivity index (χ4n) is 2.74. The molecular weight excluding hydrogens is 352 g/mol. The molecule has 27 heavy (non-hydrogen) atoms. The number of aliphatic carboxylic acids is 1. The highest BCUT2D eigenvalue weighted by molar-refractivity contribution is 6.00. The molecule has 0 amide bonds. The van der Waals surface area contributed by atoms with Gasteiger partial charge in [0.05, 0.1) is 6.42 Å². The van der Waals surface area contributed by atoms with E-state index in [1.807, 2.05) is 0 Å². The second kappa shape index (κ2) is 7.58. The van der Waals surface area contributed by atoms with Gasteiger partial charge in [-0.25, -0.2) is 0 Å². The molecule has 0 spiro atoms. The fraction of sp³-hybridized carbons (Fsp3) is 0.550. The summed E-state index contributed by atoms with van der Waals surface area (Å²) in [5.41, 5.74) is -0.0454. The number of benzene rings is 1. The van der Waals surface area contributed by atoms with Crippen LogP contribution in [0.4, 0.5) is 0 Å². The molecule has 0 aromatic heterocycles. The molecule has 1 aromatic carbocycles. The van der Waals surface area contributed by atoms with Gasteiger partial charge in [-0.05, 0) is 44.9 Å². The summed E-state index contributed by atoms with van der Waals surface area (Å²) in [6.45, 7) is 8.71. The Morgan fingerprint density at radius 1 is 1.11 bits per heavy atom. The number of ketones is 1. The first-order valence-electron chi connectivity index (χ1n) is 8.85. The molecule has 2 rings (SSSR count). The summed E-state index contributed by atoms with van der Waals surface area (Å²) in [6.07, 6.45) is -0.450. The number of carboxylic acids is 1. The standard InChI is InChI=1S/C20H26O7/c1-19(2,3)27-18(24)13(14(21)7-9-17(22)23)10-12-6-8-15-16(11-12)26-20(4,5)25-15/h6,8,11,13H,7,9-10H2,1-5H3,(H,22,23). The number of esters is 1. The first-order chi connectivity index (χ1) is 12.4. The maximum absolute atomic E-state index is 12.5. The third-order valence-electron chi connectivity index (χ3n) is 3.82. The Hall–Kier alpha value is -2.57. The molecule has 0 fully saturated rings. The molecule has 0 bridgehead atoms.